The van der Waals surface area contributed by atoms with Gasteiger partial charge in [0.15, 0.2) is 11.5 Å². The number of ether oxygens (including phenoxy) is 4. The third-order valence-corrected chi connectivity index (χ3v) is 7.77. The van der Waals surface area contributed by atoms with Gasteiger partial charge in [-0.15, -0.1) is 0 Å². The van der Waals surface area contributed by atoms with Gasteiger partial charge in [-0.3, -0.25) is 4.79 Å². The Bertz CT molecular complexity index is 1420. The predicted molar refractivity (Wildman–Crippen MR) is 155 cm³/mol. The molecule has 41 heavy (non-hydrogen) atoms. The number of hydrogen-bond donors (Lipinski definition) is 4. The molecule has 1 heterocycles. The van der Waals surface area contributed by atoms with Crippen LogP contribution in [0.4, 0.5) is 0 Å². The topological polar surface area (TPSA) is 119 Å². The van der Waals surface area contributed by atoms with Crippen molar-refractivity contribution in [2.24, 2.45) is 0 Å². The van der Waals surface area contributed by atoms with E-state index in [1.165, 1.54) is 6.92 Å². The van der Waals surface area contributed by atoms with Gasteiger partial charge < -0.3 is 39.8 Å². The van der Waals surface area contributed by atoms with E-state index in [0.717, 1.165) is 64.1 Å². The summed E-state index contributed by atoms with van der Waals surface area (Å²) in [4.78, 5) is 11.9. The number of carbonyl (C=O) groups excluding carboxylic acids is 1. The van der Waals surface area contributed by atoms with E-state index < -0.39 is 6.10 Å². The number of benzene rings is 3. The zero-order chi connectivity index (χ0) is 29.1. The molecule has 0 fully saturated rings. The van der Waals surface area contributed by atoms with Gasteiger partial charge in [0, 0.05) is 48.3 Å². The number of phenolic OH excluding ortho intramolecular Hbond substituents is 2. The highest BCUT2D eigenvalue weighted by atomic mass is 16.5. The van der Waals surface area contributed by atoms with E-state index in [4.69, 9.17) is 18.9 Å². The normalized spacial score (nSPS) is 16.8. The molecule has 3 aromatic rings. The first-order valence-corrected chi connectivity index (χ1v) is 14.1. The second-order valence-electron chi connectivity index (χ2n) is 10.4. The van der Waals surface area contributed by atoms with Crippen LogP contribution in [0, 0.1) is 0 Å². The molecule has 9 nitrogen and oxygen atoms in total. The van der Waals surface area contributed by atoms with Crippen molar-refractivity contribution in [1.82, 2.24) is 10.6 Å². The molecule has 1 aliphatic carbocycles. The van der Waals surface area contributed by atoms with Crippen LogP contribution in [-0.2, 0) is 28.9 Å². The molecule has 0 bridgehead atoms. The van der Waals surface area contributed by atoms with Crippen LogP contribution in [0.5, 0.6) is 28.7 Å². The zero-order valence-electron chi connectivity index (χ0n) is 24.0. The van der Waals surface area contributed by atoms with Crippen molar-refractivity contribution in [2.75, 3.05) is 40.5 Å². The summed E-state index contributed by atoms with van der Waals surface area (Å²) in [5, 5.41) is 27.4. The van der Waals surface area contributed by atoms with Gasteiger partial charge in [-0.2, -0.15) is 0 Å². The Morgan fingerprint density at radius 3 is 2.66 bits per heavy atom. The van der Waals surface area contributed by atoms with Crippen molar-refractivity contribution in [3.05, 3.63) is 64.2 Å². The summed E-state index contributed by atoms with van der Waals surface area (Å²) in [6, 6.07) is 11.1. The first kappa shape index (κ1) is 28.6. The second kappa shape index (κ2) is 12.3. The molecule has 0 radical (unpaired) electrons. The maximum Gasteiger partial charge on any atom is 0.302 e. The number of aromatic hydroxyl groups is 2. The maximum atomic E-state index is 11.9. The summed E-state index contributed by atoms with van der Waals surface area (Å²) >= 11 is 0. The fraction of sp³-hybridized carbons (Fsp3) is 0.406. The molecule has 0 spiro atoms. The number of esters is 1. The summed E-state index contributed by atoms with van der Waals surface area (Å²) < 4.78 is 24.0. The predicted octanol–water partition coefficient (Wildman–Crippen LogP) is 4.36. The van der Waals surface area contributed by atoms with Crippen LogP contribution in [0.15, 0.2) is 36.4 Å². The summed E-state index contributed by atoms with van der Waals surface area (Å²) in [7, 11) is 3.44. The van der Waals surface area contributed by atoms with Crippen LogP contribution in [0.1, 0.15) is 53.7 Å². The first-order chi connectivity index (χ1) is 19.9. The van der Waals surface area contributed by atoms with Gasteiger partial charge in [-0.05, 0) is 61.3 Å². The van der Waals surface area contributed by atoms with Gasteiger partial charge in [0.05, 0.1) is 13.0 Å². The molecule has 0 amide bonds. The molecule has 0 saturated carbocycles. The minimum absolute atomic E-state index is 0.0640. The number of fused-ring (bicyclic) bond motifs is 5. The Balaban J connectivity index is 1.61. The van der Waals surface area contributed by atoms with E-state index in [-0.39, 0.29) is 30.0 Å². The van der Waals surface area contributed by atoms with Crippen molar-refractivity contribution < 1.29 is 34.0 Å². The number of hydrogen-bond acceptors (Lipinski definition) is 9. The lowest BCUT2D eigenvalue weighted by Gasteiger charge is -2.25. The molecule has 9 heteroatoms. The Labute approximate surface area is 240 Å². The van der Waals surface area contributed by atoms with Gasteiger partial charge >= 0.3 is 5.97 Å². The third kappa shape index (κ3) is 5.64. The molecule has 0 aromatic heterocycles. The smallest absolute Gasteiger partial charge is 0.302 e. The molecule has 4 N–H and O–H groups in total. The minimum Gasteiger partial charge on any atom is -0.508 e. The number of rotatable bonds is 11. The molecular formula is C32H38N2O7. The average Bonchev–Trinajstić information content (AvgIpc) is 3.33. The Morgan fingerprint density at radius 2 is 1.93 bits per heavy atom. The van der Waals surface area contributed by atoms with E-state index in [0.29, 0.717) is 31.2 Å². The average molecular weight is 563 g/mol. The van der Waals surface area contributed by atoms with Gasteiger partial charge in [-0.1, -0.05) is 19.1 Å². The molecule has 218 valence electrons. The van der Waals surface area contributed by atoms with Gasteiger partial charge in [0.2, 0.25) is 0 Å². The zero-order valence-corrected chi connectivity index (χ0v) is 24.0. The highest BCUT2D eigenvalue weighted by Gasteiger charge is 2.41. The number of aryl methyl sites for hydroxylation is 1. The molecule has 2 aliphatic rings. The third-order valence-electron chi connectivity index (χ3n) is 7.77. The molecule has 3 aromatic carbocycles. The summed E-state index contributed by atoms with van der Waals surface area (Å²) in [5.41, 5.74) is 6.76. The van der Waals surface area contributed by atoms with E-state index >= 15 is 0 Å². The van der Waals surface area contributed by atoms with Crippen LogP contribution in [0.3, 0.4) is 0 Å². The number of carbonyl (C=O) groups is 1. The van der Waals surface area contributed by atoms with Crippen molar-refractivity contribution >= 4 is 5.97 Å². The fourth-order valence-electron chi connectivity index (χ4n) is 5.86. The monoisotopic (exact) mass is 562 g/mol. The second-order valence-corrected chi connectivity index (χ2v) is 10.4. The minimum atomic E-state index is -0.472. The number of likely N-dealkylation sites (N-methyl/N-ethyl adjacent to an activating group) is 1. The van der Waals surface area contributed by atoms with Crippen molar-refractivity contribution in [3.8, 4) is 39.9 Å². The summed E-state index contributed by atoms with van der Waals surface area (Å²) in [5.74, 6) is 1.39. The maximum absolute atomic E-state index is 11.9. The largest absolute Gasteiger partial charge is 0.508 e. The number of nitrogens with one attached hydrogen (secondary N) is 2. The van der Waals surface area contributed by atoms with Crippen LogP contribution in [0.2, 0.25) is 0 Å². The van der Waals surface area contributed by atoms with Gasteiger partial charge in [0.25, 0.3) is 0 Å². The Kier molecular flexibility index (Phi) is 8.56. The van der Waals surface area contributed by atoms with Crippen molar-refractivity contribution in [2.45, 2.75) is 45.3 Å². The van der Waals surface area contributed by atoms with E-state index in [1.807, 2.05) is 26.1 Å². The van der Waals surface area contributed by atoms with Crippen LogP contribution >= 0.6 is 0 Å². The van der Waals surface area contributed by atoms with Crippen LogP contribution < -0.4 is 24.8 Å². The van der Waals surface area contributed by atoms with Crippen LogP contribution in [-0.4, -0.2) is 56.6 Å². The quantitative estimate of drug-likeness (QED) is 0.200. The van der Waals surface area contributed by atoms with E-state index in [1.54, 1.807) is 25.3 Å². The molecule has 0 unspecified atom stereocenters. The fourth-order valence-corrected chi connectivity index (χ4v) is 5.86. The highest BCUT2D eigenvalue weighted by Crippen LogP contribution is 2.54. The lowest BCUT2D eigenvalue weighted by atomic mass is 9.81. The molecule has 0 saturated heterocycles. The number of methoxy groups -OCH3 is 1. The number of phenols is 2. The summed E-state index contributed by atoms with van der Waals surface area (Å²) in [6.45, 7) is 5.88. The SMILES string of the molecule is CCNCc1cc(O)c(OCCNC)cc1[C@H]1Oc2c(ccc3c2CCc2cc(O)cc(OC)c2-3)[C@@H]1COC(C)=O. The molecule has 1 aliphatic heterocycles. The molecular weight excluding hydrogens is 524 g/mol. The van der Waals surface area contributed by atoms with Crippen molar-refractivity contribution in [1.29, 1.82) is 0 Å². The highest BCUT2D eigenvalue weighted by molar-refractivity contribution is 5.82. The Hall–Kier alpha value is -3.95. The lowest BCUT2D eigenvalue weighted by Crippen LogP contribution is -2.21. The van der Waals surface area contributed by atoms with Gasteiger partial charge in [0.1, 0.15) is 36.6 Å². The van der Waals surface area contributed by atoms with Crippen LogP contribution in [0.25, 0.3) is 11.1 Å². The van der Waals surface area contributed by atoms with Gasteiger partial charge in [-0.25, -0.2) is 0 Å². The first-order valence-electron chi connectivity index (χ1n) is 14.1. The van der Waals surface area contributed by atoms with E-state index in [2.05, 4.69) is 16.7 Å². The summed E-state index contributed by atoms with van der Waals surface area (Å²) in [6.07, 6.45) is 0.976. The Morgan fingerprint density at radius 1 is 1.10 bits per heavy atom. The molecule has 5 rings (SSSR count). The van der Waals surface area contributed by atoms with Crippen molar-refractivity contribution in [3.63, 3.8) is 0 Å². The lowest BCUT2D eigenvalue weighted by molar-refractivity contribution is -0.141. The molecule has 2 atom stereocenters. The standard InChI is InChI=1S/C32H38N2O7/c1-5-34-16-20-13-27(37)28(39-11-10-33-3)15-25(20)32-26(17-40-18(2)35)24-9-8-22-23(31(24)41-32)7-6-19-12-21(36)14-29(38-4)30(19)22/h8-9,12-15,26,32-34,36-37H,5-7,10-11,16-17H2,1-4H3/t26-,32+/m0/s1. The van der Waals surface area contributed by atoms with E-state index in [9.17, 15) is 15.0 Å².